The molecular formula is C22H34. The van der Waals surface area contributed by atoms with E-state index >= 15 is 0 Å². The molecule has 1 aromatic rings. The quantitative estimate of drug-likeness (QED) is 0.553. The van der Waals surface area contributed by atoms with Gasteiger partial charge in [0.1, 0.15) is 0 Å². The maximum absolute atomic E-state index is 3.76. The number of rotatable bonds is 5. The van der Waals surface area contributed by atoms with Crippen molar-refractivity contribution in [3.05, 3.63) is 35.9 Å². The van der Waals surface area contributed by atoms with E-state index in [9.17, 15) is 0 Å². The van der Waals surface area contributed by atoms with Crippen molar-refractivity contribution in [1.29, 1.82) is 0 Å². The molecule has 0 aliphatic rings. The van der Waals surface area contributed by atoms with Gasteiger partial charge in [-0.2, -0.15) is 0 Å². The molecule has 0 aromatic heterocycles. The Kier molecular flexibility index (Phi) is 6.73. The summed E-state index contributed by atoms with van der Waals surface area (Å²) in [6.07, 6.45) is 0. The summed E-state index contributed by atoms with van der Waals surface area (Å²) in [6.45, 7) is 18.5. The average Bonchev–Trinajstić information content (AvgIpc) is 2.42. The second-order valence-electron chi connectivity index (χ2n) is 7.80. The predicted octanol–water partition coefficient (Wildman–Crippen LogP) is 6.38. The molecule has 0 heteroatoms. The van der Waals surface area contributed by atoms with Gasteiger partial charge >= 0.3 is 0 Å². The highest BCUT2D eigenvalue weighted by molar-refractivity contribution is 5.30. The summed E-state index contributed by atoms with van der Waals surface area (Å²) in [7, 11) is 0. The van der Waals surface area contributed by atoms with Gasteiger partial charge in [0, 0.05) is 11.3 Å². The van der Waals surface area contributed by atoms with Crippen LogP contribution in [0.1, 0.15) is 66.9 Å². The molecule has 0 aliphatic carbocycles. The van der Waals surface area contributed by atoms with Gasteiger partial charge in [-0.05, 0) is 29.2 Å². The molecule has 0 saturated heterocycles. The van der Waals surface area contributed by atoms with Crippen molar-refractivity contribution >= 4 is 0 Å². The largest absolute Gasteiger partial charge is 0.0950 e. The van der Waals surface area contributed by atoms with Crippen LogP contribution in [0.25, 0.3) is 0 Å². The van der Waals surface area contributed by atoms with E-state index in [0.29, 0.717) is 29.6 Å². The van der Waals surface area contributed by atoms with Gasteiger partial charge in [0.15, 0.2) is 0 Å². The van der Waals surface area contributed by atoms with Crippen LogP contribution in [-0.2, 0) is 0 Å². The molecule has 122 valence electrons. The predicted molar refractivity (Wildman–Crippen MR) is 98.7 cm³/mol. The van der Waals surface area contributed by atoms with Crippen LogP contribution in [-0.4, -0.2) is 0 Å². The normalized spacial score (nSPS) is 13.6. The second kappa shape index (κ2) is 7.87. The van der Waals surface area contributed by atoms with Gasteiger partial charge in [-0.3, -0.25) is 0 Å². The van der Waals surface area contributed by atoms with Crippen molar-refractivity contribution in [1.82, 2.24) is 0 Å². The molecule has 1 unspecified atom stereocenters. The fraction of sp³-hybridized carbons (Fsp3) is 0.636. The zero-order valence-electron chi connectivity index (χ0n) is 15.8. The fourth-order valence-electron chi connectivity index (χ4n) is 3.93. The Hall–Kier alpha value is -1.22. The highest BCUT2D eigenvalue weighted by Gasteiger charge is 2.38. The molecule has 1 aromatic carbocycles. The lowest BCUT2D eigenvalue weighted by atomic mass is 9.62. The molecular weight excluding hydrogens is 264 g/mol. The molecule has 0 amide bonds. The monoisotopic (exact) mass is 298 g/mol. The Labute approximate surface area is 138 Å². The lowest BCUT2D eigenvalue weighted by Crippen LogP contribution is -2.37. The first-order valence-electron chi connectivity index (χ1n) is 8.81. The van der Waals surface area contributed by atoms with Crippen LogP contribution in [0, 0.1) is 40.9 Å². The van der Waals surface area contributed by atoms with Gasteiger partial charge in [0.25, 0.3) is 0 Å². The second-order valence-corrected chi connectivity index (χ2v) is 7.80. The van der Waals surface area contributed by atoms with E-state index in [2.05, 4.69) is 97.6 Å². The van der Waals surface area contributed by atoms with Crippen LogP contribution in [0.15, 0.2) is 30.3 Å². The van der Waals surface area contributed by atoms with Gasteiger partial charge in [0.2, 0.25) is 0 Å². The highest BCUT2D eigenvalue weighted by atomic mass is 14.4. The Balaban J connectivity index is 3.30. The van der Waals surface area contributed by atoms with Crippen LogP contribution in [0.4, 0.5) is 0 Å². The molecule has 0 heterocycles. The molecule has 0 N–H and O–H groups in total. The molecule has 0 saturated carbocycles. The summed E-state index contributed by atoms with van der Waals surface area (Å²) in [6, 6.07) is 10.7. The third-order valence-corrected chi connectivity index (χ3v) is 5.14. The van der Waals surface area contributed by atoms with Crippen LogP contribution in [0.2, 0.25) is 0 Å². The van der Waals surface area contributed by atoms with E-state index in [-0.39, 0.29) is 5.41 Å². The molecule has 22 heavy (non-hydrogen) atoms. The van der Waals surface area contributed by atoms with Crippen molar-refractivity contribution in [2.45, 2.75) is 61.3 Å². The first kappa shape index (κ1) is 18.8. The van der Waals surface area contributed by atoms with Gasteiger partial charge in [-0.25, -0.2) is 0 Å². The van der Waals surface area contributed by atoms with Gasteiger partial charge < -0.3 is 0 Å². The zero-order chi connectivity index (χ0) is 16.9. The van der Waals surface area contributed by atoms with E-state index < -0.39 is 0 Å². The highest BCUT2D eigenvalue weighted by Crippen LogP contribution is 2.42. The van der Waals surface area contributed by atoms with E-state index in [0.717, 1.165) is 0 Å². The van der Waals surface area contributed by atoms with Crippen LogP contribution in [0.3, 0.4) is 0 Å². The summed E-state index contributed by atoms with van der Waals surface area (Å²) in [4.78, 5) is 0. The van der Waals surface area contributed by atoms with Crippen LogP contribution >= 0.6 is 0 Å². The molecule has 0 bridgehead atoms. The molecule has 0 aliphatic heterocycles. The Morgan fingerprint density at radius 2 is 1.18 bits per heavy atom. The summed E-state index contributed by atoms with van der Waals surface area (Å²) < 4.78 is 0. The van der Waals surface area contributed by atoms with E-state index in [4.69, 9.17) is 0 Å². The topological polar surface area (TPSA) is 0 Å². The van der Waals surface area contributed by atoms with Crippen LogP contribution in [0.5, 0.6) is 0 Å². The average molecular weight is 299 g/mol. The summed E-state index contributed by atoms with van der Waals surface area (Å²) in [5.74, 6) is 9.95. The summed E-state index contributed by atoms with van der Waals surface area (Å²) >= 11 is 0. The van der Waals surface area contributed by atoms with Gasteiger partial charge in [-0.15, -0.1) is 0 Å². The van der Waals surface area contributed by atoms with Crippen molar-refractivity contribution in [2.24, 2.45) is 29.1 Å². The Morgan fingerprint density at radius 3 is 1.55 bits per heavy atom. The lowest BCUT2D eigenvalue weighted by Gasteiger charge is -2.41. The first-order valence-corrected chi connectivity index (χ1v) is 8.81. The lowest BCUT2D eigenvalue weighted by molar-refractivity contribution is 0.123. The SMILES string of the molecule is CC(C)C(C#CC(C(C)C)(C(C)C)C(C)C)c1ccccc1. The first-order chi connectivity index (χ1) is 10.2. The number of benzene rings is 1. The van der Waals surface area contributed by atoms with Crippen molar-refractivity contribution < 1.29 is 0 Å². The maximum Gasteiger partial charge on any atom is 0.0475 e. The molecule has 0 nitrogen and oxygen atoms in total. The minimum atomic E-state index is 0.0852. The van der Waals surface area contributed by atoms with Gasteiger partial charge in [0.05, 0.1) is 0 Å². The zero-order valence-corrected chi connectivity index (χ0v) is 15.8. The van der Waals surface area contributed by atoms with Crippen molar-refractivity contribution in [2.75, 3.05) is 0 Å². The molecule has 1 rings (SSSR count). The molecule has 1 atom stereocenters. The minimum absolute atomic E-state index is 0.0852. The van der Waals surface area contributed by atoms with E-state index in [1.807, 2.05) is 0 Å². The standard InChI is InChI=1S/C22H34/c1-16(2)21(20-12-10-9-11-13-20)14-15-22(17(3)4,18(5)6)19(7)8/h9-13,16-19,21H,1-8H3. The minimum Gasteiger partial charge on any atom is -0.0950 e. The fourth-order valence-corrected chi connectivity index (χ4v) is 3.93. The van der Waals surface area contributed by atoms with E-state index in [1.165, 1.54) is 5.56 Å². The Morgan fingerprint density at radius 1 is 0.727 bits per heavy atom. The Bertz CT molecular complexity index is 472. The maximum atomic E-state index is 3.76. The molecule has 0 radical (unpaired) electrons. The number of hydrogen-bond acceptors (Lipinski definition) is 0. The smallest absolute Gasteiger partial charge is 0.0475 e. The summed E-state index contributed by atoms with van der Waals surface area (Å²) in [5, 5.41) is 0. The third-order valence-electron chi connectivity index (χ3n) is 5.14. The van der Waals surface area contributed by atoms with E-state index in [1.54, 1.807) is 0 Å². The molecule has 0 fully saturated rings. The van der Waals surface area contributed by atoms with Crippen LogP contribution < -0.4 is 0 Å². The summed E-state index contributed by atoms with van der Waals surface area (Å²) in [5.41, 5.74) is 1.43. The molecule has 0 spiro atoms. The third kappa shape index (κ3) is 3.95. The van der Waals surface area contributed by atoms with Crippen molar-refractivity contribution in [3.63, 3.8) is 0 Å². The van der Waals surface area contributed by atoms with Crippen molar-refractivity contribution in [3.8, 4) is 11.8 Å². The van der Waals surface area contributed by atoms with Gasteiger partial charge in [-0.1, -0.05) is 97.6 Å². The number of hydrogen-bond donors (Lipinski definition) is 0.